The van der Waals surface area contributed by atoms with Crippen molar-refractivity contribution < 1.29 is 4.42 Å². The van der Waals surface area contributed by atoms with Crippen LogP contribution in [0, 0.1) is 13.8 Å². The number of rotatable bonds is 5. The second kappa shape index (κ2) is 8.76. The molecule has 4 rings (SSSR count). The number of nitrogens with zero attached hydrogens (tertiary/aromatic N) is 2. The Morgan fingerprint density at radius 1 is 0.966 bits per heavy atom. The number of aryl methyl sites for hydroxylation is 2. The highest BCUT2D eigenvalue weighted by Crippen LogP contribution is 2.24. The highest BCUT2D eigenvalue weighted by molar-refractivity contribution is 5.83. The third kappa shape index (κ3) is 4.84. The molecule has 0 atom stereocenters. The van der Waals surface area contributed by atoms with Gasteiger partial charge in [0.25, 0.3) is 0 Å². The predicted octanol–water partition coefficient (Wildman–Crippen LogP) is 4.24. The molecule has 150 valence electrons. The van der Waals surface area contributed by atoms with Crippen LogP contribution in [-0.2, 0) is 6.54 Å². The summed E-state index contributed by atoms with van der Waals surface area (Å²) in [5.74, 6) is 0. The zero-order chi connectivity index (χ0) is 20.2. The van der Waals surface area contributed by atoms with Gasteiger partial charge in [0, 0.05) is 50.7 Å². The number of benzene rings is 2. The van der Waals surface area contributed by atoms with Gasteiger partial charge in [-0.2, -0.15) is 0 Å². The van der Waals surface area contributed by atoms with Crippen LogP contribution in [0.2, 0.25) is 0 Å². The lowest BCUT2D eigenvalue weighted by Crippen LogP contribution is -2.45. The molecule has 1 fully saturated rings. The Morgan fingerprint density at radius 2 is 1.69 bits per heavy atom. The van der Waals surface area contributed by atoms with E-state index in [9.17, 15) is 4.79 Å². The van der Waals surface area contributed by atoms with E-state index in [1.807, 2.05) is 13.0 Å². The molecule has 29 heavy (non-hydrogen) atoms. The topological polar surface area (TPSA) is 36.7 Å². The molecule has 1 aliphatic rings. The second-order valence-electron chi connectivity index (χ2n) is 7.94. The minimum Gasteiger partial charge on any atom is -0.422 e. The molecule has 0 aliphatic carbocycles. The average Bonchev–Trinajstić information content (AvgIpc) is 2.71. The van der Waals surface area contributed by atoms with Crippen molar-refractivity contribution in [2.75, 3.05) is 32.7 Å². The fourth-order valence-corrected chi connectivity index (χ4v) is 4.08. The van der Waals surface area contributed by atoms with Crippen molar-refractivity contribution in [1.29, 1.82) is 0 Å². The SMILES string of the molecule is Cc1cc(C)c2oc(=O)cc(CN3CCN(CC=Cc4ccccc4)CC3)c2c1. The number of fused-ring (bicyclic) bond motifs is 1. The van der Waals surface area contributed by atoms with Gasteiger partial charge in [-0.1, -0.05) is 48.6 Å². The lowest BCUT2D eigenvalue weighted by atomic mass is 10.0. The minimum absolute atomic E-state index is 0.260. The van der Waals surface area contributed by atoms with Crippen molar-refractivity contribution in [1.82, 2.24) is 9.80 Å². The van der Waals surface area contributed by atoms with E-state index < -0.39 is 0 Å². The molecule has 4 nitrogen and oxygen atoms in total. The van der Waals surface area contributed by atoms with Crippen molar-refractivity contribution in [2.45, 2.75) is 20.4 Å². The first-order chi connectivity index (χ1) is 14.1. The second-order valence-corrected chi connectivity index (χ2v) is 7.94. The zero-order valence-electron chi connectivity index (χ0n) is 17.2. The number of hydrogen-bond acceptors (Lipinski definition) is 4. The van der Waals surface area contributed by atoms with E-state index in [0.29, 0.717) is 0 Å². The fourth-order valence-electron chi connectivity index (χ4n) is 4.08. The fraction of sp³-hybridized carbons (Fsp3) is 0.320. The van der Waals surface area contributed by atoms with E-state index in [-0.39, 0.29) is 5.63 Å². The van der Waals surface area contributed by atoms with Crippen molar-refractivity contribution >= 4 is 17.0 Å². The van der Waals surface area contributed by atoms with E-state index in [1.165, 1.54) is 11.1 Å². The van der Waals surface area contributed by atoms with Crippen LogP contribution >= 0.6 is 0 Å². The molecule has 0 unspecified atom stereocenters. The predicted molar refractivity (Wildman–Crippen MR) is 119 cm³/mol. The molecule has 0 N–H and O–H groups in total. The Balaban J connectivity index is 1.39. The lowest BCUT2D eigenvalue weighted by molar-refractivity contribution is 0.137. The molecule has 1 saturated heterocycles. The maximum atomic E-state index is 12.1. The monoisotopic (exact) mass is 388 g/mol. The Labute approximate surface area is 172 Å². The van der Waals surface area contributed by atoms with E-state index >= 15 is 0 Å². The number of piperazine rings is 1. The van der Waals surface area contributed by atoms with Crippen LogP contribution in [0.1, 0.15) is 22.3 Å². The van der Waals surface area contributed by atoms with Gasteiger partial charge in [0.05, 0.1) is 0 Å². The highest BCUT2D eigenvalue weighted by Gasteiger charge is 2.18. The highest BCUT2D eigenvalue weighted by atomic mass is 16.4. The molecule has 1 aliphatic heterocycles. The van der Waals surface area contributed by atoms with Gasteiger partial charge in [-0.25, -0.2) is 4.79 Å². The molecular formula is C25H28N2O2. The van der Waals surface area contributed by atoms with Gasteiger partial charge in [0.1, 0.15) is 5.58 Å². The summed E-state index contributed by atoms with van der Waals surface area (Å²) in [7, 11) is 0. The summed E-state index contributed by atoms with van der Waals surface area (Å²) in [5.41, 5.74) is 4.99. The average molecular weight is 389 g/mol. The first-order valence-corrected chi connectivity index (χ1v) is 10.3. The maximum absolute atomic E-state index is 12.1. The third-order valence-electron chi connectivity index (χ3n) is 5.59. The van der Waals surface area contributed by atoms with E-state index in [1.54, 1.807) is 6.07 Å². The molecule has 0 amide bonds. The normalized spacial score (nSPS) is 16.1. The summed E-state index contributed by atoms with van der Waals surface area (Å²) in [4.78, 5) is 17.0. The van der Waals surface area contributed by atoms with Crippen LogP contribution < -0.4 is 5.63 Å². The molecule has 0 spiro atoms. The molecule has 2 heterocycles. The lowest BCUT2D eigenvalue weighted by Gasteiger charge is -2.34. The van der Waals surface area contributed by atoms with Gasteiger partial charge < -0.3 is 4.42 Å². The van der Waals surface area contributed by atoms with E-state index in [4.69, 9.17) is 4.42 Å². The van der Waals surface area contributed by atoms with Crippen LogP contribution in [0.25, 0.3) is 17.0 Å². The summed E-state index contributed by atoms with van der Waals surface area (Å²) in [5, 5.41) is 1.07. The Morgan fingerprint density at radius 3 is 2.45 bits per heavy atom. The van der Waals surface area contributed by atoms with Crippen molar-refractivity contribution in [3.63, 3.8) is 0 Å². The standard InChI is InChI=1S/C25H28N2O2/c1-19-15-20(2)25-23(16-19)22(17-24(28)29-25)18-27-13-11-26(12-14-27)10-6-9-21-7-4-3-5-8-21/h3-9,15-17H,10-14,18H2,1-2H3. The van der Waals surface area contributed by atoms with Gasteiger partial charge in [0.2, 0.25) is 0 Å². The molecule has 0 bridgehead atoms. The molecule has 2 aromatic carbocycles. The summed E-state index contributed by atoms with van der Waals surface area (Å²) in [6.45, 7) is 9.94. The molecule has 0 radical (unpaired) electrons. The van der Waals surface area contributed by atoms with Crippen molar-refractivity contribution in [3.05, 3.63) is 87.3 Å². The van der Waals surface area contributed by atoms with Crippen LogP contribution in [0.15, 0.2) is 63.8 Å². The molecule has 4 heteroatoms. The van der Waals surface area contributed by atoms with Crippen LogP contribution in [0.5, 0.6) is 0 Å². The smallest absolute Gasteiger partial charge is 0.336 e. The van der Waals surface area contributed by atoms with Crippen LogP contribution in [-0.4, -0.2) is 42.5 Å². The zero-order valence-corrected chi connectivity index (χ0v) is 17.2. The van der Waals surface area contributed by atoms with Gasteiger partial charge in [-0.05, 0) is 42.2 Å². The van der Waals surface area contributed by atoms with Crippen molar-refractivity contribution in [2.24, 2.45) is 0 Å². The third-order valence-corrected chi connectivity index (χ3v) is 5.59. The molecule has 1 aromatic heterocycles. The maximum Gasteiger partial charge on any atom is 0.336 e. The molecule has 0 saturated carbocycles. The number of hydrogen-bond donors (Lipinski definition) is 0. The first-order valence-electron chi connectivity index (χ1n) is 10.3. The Hall–Kier alpha value is -2.69. The van der Waals surface area contributed by atoms with E-state index in [0.717, 1.165) is 61.4 Å². The first kappa shape index (κ1) is 19.6. The summed E-state index contributed by atoms with van der Waals surface area (Å²) >= 11 is 0. The van der Waals surface area contributed by atoms with Gasteiger partial charge in [-0.3, -0.25) is 9.80 Å². The van der Waals surface area contributed by atoms with Crippen LogP contribution in [0.4, 0.5) is 0 Å². The summed E-state index contributed by atoms with van der Waals surface area (Å²) in [6, 6.07) is 16.3. The summed E-state index contributed by atoms with van der Waals surface area (Å²) < 4.78 is 5.49. The van der Waals surface area contributed by atoms with Crippen LogP contribution in [0.3, 0.4) is 0 Å². The minimum atomic E-state index is -0.260. The van der Waals surface area contributed by atoms with E-state index in [2.05, 4.69) is 65.3 Å². The van der Waals surface area contributed by atoms with Gasteiger partial charge in [0.15, 0.2) is 0 Å². The largest absolute Gasteiger partial charge is 0.422 e. The Kier molecular flexibility index (Phi) is 5.93. The van der Waals surface area contributed by atoms with Gasteiger partial charge >= 0.3 is 5.63 Å². The van der Waals surface area contributed by atoms with Crippen molar-refractivity contribution in [3.8, 4) is 0 Å². The quantitative estimate of drug-likeness (QED) is 0.613. The molecular weight excluding hydrogens is 360 g/mol. The molecule has 3 aromatic rings. The Bertz CT molecular complexity index is 1060. The summed E-state index contributed by atoms with van der Waals surface area (Å²) in [6.07, 6.45) is 4.43. The van der Waals surface area contributed by atoms with Gasteiger partial charge in [-0.15, -0.1) is 0 Å².